The molecule has 3 N–H and O–H groups in total. The molecule has 1 unspecified atom stereocenters. The van der Waals surface area contributed by atoms with Gasteiger partial charge in [-0.2, -0.15) is 0 Å². The molecule has 0 aromatic heterocycles. The number of aliphatic carboxylic acids is 1. The van der Waals surface area contributed by atoms with Gasteiger partial charge in [-0.3, -0.25) is 19.3 Å². The van der Waals surface area contributed by atoms with E-state index in [0.717, 1.165) is 5.56 Å². The molecule has 43 heavy (non-hydrogen) atoms. The number of hydrogen-bond acceptors (Lipinski definition) is 7. The number of amides is 4. The van der Waals surface area contributed by atoms with E-state index < -0.39 is 64.1 Å². The Kier molecular flexibility index (Phi) is 9.69. The number of hydrogen-bond donors (Lipinski definition) is 3. The fourth-order valence-corrected chi connectivity index (χ4v) is 7.03. The summed E-state index contributed by atoms with van der Waals surface area (Å²) in [6, 6.07) is 13.7. The molecule has 2 aliphatic heterocycles. The number of fused-ring (bicyclic) bond motifs is 1. The summed E-state index contributed by atoms with van der Waals surface area (Å²) >= 11 is 1.32. The number of nitrogens with one attached hydrogen (secondary N) is 2. The number of nitrogens with zero attached hydrogens (tertiary/aromatic N) is 2. The number of carboxylic acids is 1. The van der Waals surface area contributed by atoms with Gasteiger partial charge in [-0.15, -0.1) is 11.8 Å². The first kappa shape index (κ1) is 31.9. The molecular formula is C31H38N4O7S. The Balaban J connectivity index is 1.50. The van der Waals surface area contributed by atoms with Crippen LogP contribution in [0.3, 0.4) is 0 Å². The fourth-order valence-electron chi connectivity index (χ4n) is 5.40. The molecule has 0 saturated carbocycles. The van der Waals surface area contributed by atoms with E-state index in [1.54, 1.807) is 44.2 Å². The number of carbonyl (C=O) groups excluding carboxylic acids is 4. The Bertz CT molecular complexity index is 1350. The average molecular weight is 611 g/mol. The van der Waals surface area contributed by atoms with Gasteiger partial charge in [-0.1, -0.05) is 74.5 Å². The molecule has 5 atom stereocenters. The van der Waals surface area contributed by atoms with E-state index in [2.05, 4.69) is 10.6 Å². The van der Waals surface area contributed by atoms with Crippen LogP contribution in [0.5, 0.6) is 0 Å². The highest BCUT2D eigenvalue weighted by Crippen LogP contribution is 2.50. The number of benzene rings is 2. The number of ether oxygens (including phenoxy) is 1. The predicted octanol–water partition coefficient (Wildman–Crippen LogP) is 3.16. The van der Waals surface area contributed by atoms with Crippen LogP contribution in [-0.4, -0.2) is 80.0 Å². The lowest BCUT2D eigenvalue weighted by atomic mass is 9.95. The molecule has 4 amide bonds. The second-order valence-corrected chi connectivity index (χ2v) is 13.5. The van der Waals surface area contributed by atoms with Crippen LogP contribution in [0.1, 0.15) is 51.3 Å². The standard InChI is InChI=1S/C31H38N4O7S/c1-18(2)16-21(34(5)30(41)42-17-19-12-8-6-9-13-19)25(36)32-22(20-14-10-7-11-15-20)26(37)33-23-27(38)35-24(29(39)40)31(3,4)43-28(23)35/h6-15,18,21-24,28H,16-17H2,1-5H3,(H,32,36)(H,33,37)(H,39,40)/t21-,22?,23+,24-,28+/m0/s1. The summed E-state index contributed by atoms with van der Waals surface area (Å²) in [6.07, 6.45) is -0.369. The summed E-state index contributed by atoms with van der Waals surface area (Å²) in [5.74, 6) is -2.73. The number of likely N-dealkylation sites (N-methyl/N-ethyl adjacent to an activating group) is 1. The van der Waals surface area contributed by atoms with E-state index >= 15 is 0 Å². The molecule has 0 spiro atoms. The smallest absolute Gasteiger partial charge is 0.410 e. The highest BCUT2D eigenvalue weighted by molar-refractivity contribution is 8.01. The number of carbonyl (C=O) groups is 5. The van der Waals surface area contributed by atoms with Crippen molar-refractivity contribution in [1.82, 2.24) is 20.4 Å². The Morgan fingerprint density at radius 2 is 1.63 bits per heavy atom. The van der Waals surface area contributed by atoms with Gasteiger partial charge in [-0.25, -0.2) is 9.59 Å². The Morgan fingerprint density at radius 3 is 2.21 bits per heavy atom. The summed E-state index contributed by atoms with van der Waals surface area (Å²) < 4.78 is 4.70. The first-order valence-corrected chi connectivity index (χ1v) is 15.0. The first-order chi connectivity index (χ1) is 20.3. The minimum atomic E-state index is -1.17. The van der Waals surface area contributed by atoms with Gasteiger partial charge >= 0.3 is 12.1 Å². The van der Waals surface area contributed by atoms with Gasteiger partial charge in [0.2, 0.25) is 17.7 Å². The number of rotatable bonds is 11. The molecule has 230 valence electrons. The predicted molar refractivity (Wildman–Crippen MR) is 161 cm³/mol. The molecule has 0 radical (unpaired) electrons. The topological polar surface area (TPSA) is 145 Å². The van der Waals surface area contributed by atoms with Gasteiger partial charge in [-0.05, 0) is 37.3 Å². The van der Waals surface area contributed by atoms with E-state index in [0.29, 0.717) is 12.0 Å². The van der Waals surface area contributed by atoms with Crippen LogP contribution >= 0.6 is 11.8 Å². The summed E-state index contributed by atoms with van der Waals surface area (Å²) in [5.41, 5.74) is 1.29. The number of carboxylic acid groups (broad SMARTS) is 1. The third-order valence-corrected chi connectivity index (χ3v) is 9.18. The van der Waals surface area contributed by atoms with Crippen molar-refractivity contribution in [3.05, 3.63) is 71.8 Å². The maximum absolute atomic E-state index is 13.7. The van der Waals surface area contributed by atoms with Gasteiger partial charge in [0, 0.05) is 11.8 Å². The van der Waals surface area contributed by atoms with Gasteiger partial charge in [0.1, 0.15) is 36.1 Å². The van der Waals surface area contributed by atoms with Crippen molar-refractivity contribution in [2.75, 3.05) is 7.05 Å². The minimum absolute atomic E-state index is 0.0348. The summed E-state index contributed by atoms with van der Waals surface area (Å²) in [7, 11) is 1.48. The summed E-state index contributed by atoms with van der Waals surface area (Å²) in [5, 5.41) is 14.7. The van der Waals surface area contributed by atoms with Crippen molar-refractivity contribution < 1.29 is 33.8 Å². The van der Waals surface area contributed by atoms with Crippen molar-refractivity contribution in [2.45, 2.75) is 75.0 Å². The fraction of sp³-hybridized carbons (Fsp3) is 0.452. The van der Waals surface area contributed by atoms with Gasteiger partial charge in [0.25, 0.3) is 0 Å². The lowest BCUT2D eigenvalue weighted by molar-refractivity contribution is -0.161. The molecule has 0 bridgehead atoms. The Labute approximate surface area is 255 Å². The third-order valence-electron chi connectivity index (χ3n) is 7.61. The zero-order valence-electron chi connectivity index (χ0n) is 24.9. The summed E-state index contributed by atoms with van der Waals surface area (Å²) in [6.45, 7) is 7.39. The van der Waals surface area contributed by atoms with Crippen LogP contribution in [0.25, 0.3) is 0 Å². The van der Waals surface area contributed by atoms with Gasteiger partial charge in [0.15, 0.2) is 0 Å². The van der Waals surface area contributed by atoms with Crippen molar-refractivity contribution in [2.24, 2.45) is 5.92 Å². The van der Waals surface area contributed by atoms with Crippen molar-refractivity contribution in [1.29, 1.82) is 0 Å². The quantitative estimate of drug-likeness (QED) is 0.329. The normalized spacial score (nSPS) is 21.7. The zero-order chi connectivity index (χ0) is 31.5. The summed E-state index contributed by atoms with van der Waals surface area (Å²) in [4.78, 5) is 67.8. The second kappa shape index (κ2) is 13.1. The molecule has 2 aromatic rings. The van der Waals surface area contributed by atoms with Crippen molar-refractivity contribution in [3.63, 3.8) is 0 Å². The molecular weight excluding hydrogens is 572 g/mol. The molecule has 12 heteroatoms. The highest BCUT2D eigenvalue weighted by atomic mass is 32.2. The lowest BCUT2D eigenvalue weighted by Gasteiger charge is -2.44. The van der Waals surface area contributed by atoms with E-state index in [9.17, 15) is 29.1 Å². The van der Waals surface area contributed by atoms with Crippen LogP contribution in [0.2, 0.25) is 0 Å². The molecule has 2 aromatic carbocycles. The maximum atomic E-state index is 13.7. The van der Waals surface area contributed by atoms with Crippen LogP contribution in [0, 0.1) is 5.92 Å². The van der Waals surface area contributed by atoms with E-state index in [1.807, 2.05) is 44.2 Å². The van der Waals surface area contributed by atoms with E-state index in [1.165, 1.54) is 28.6 Å². The van der Waals surface area contributed by atoms with Crippen molar-refractivity contribution in [3.8, 4) is 0 Å². The van der Waals surface area contributed by atoms with Crippen LogP contribution in [0.15, 0.2) is 60.7 Å². The largest absolute Gasteiger partial charge is 0.480 e. The second-order valence-electron chi connectivity index (χ2n) is 11.7. The van der Waals surface area contributed by atoms with Crippen LogP contribution in [-0.2, 0) is 30.5 Å². The molecule has 11 nitrogen and oxygen atoms in total. The zero-order valence-corrected chi connectivity index (χ0v) is 25.7. The monoisotopic (exact) mass is 610 g/mol. The minimum Gasteiger partial charge on any atom is -0.480 e. The molecule has 2 heterocycles. The molecule has 2 saturated heterocycles. The number of β-lactam (4-membered cyclic amide) rings is 1. The van der Waals surface area contributed by atoms with Crippen LogP contribution in [0.4, 0.5) is 4.79 Å². The molecule has 4 rings (SSSR count). The molecule has 2 fully saturated rings. The van der Waals surface area contributed by atoms with E-state index in [4.69, 9.17) is 4.74 Å². The van der Waals surface area contributed by atoms with Gasteiger partial charge in [0.05, 0.1) is 0 Å². The maximum Gasteiger partial charge on any atom is 0.410 e. The van der Waals surface area contributed by atoms with E-state index in [-0.39, 0.29) is 12.5 Å². The third kappa shape index (κ3) is 6.96. The van der Waals surface area contributed by atoms with Gasteiger partial charge < -0.3 is 25.4 Å². The molecule has 2 aliphatic rings. The number of thioether (sulfide) groups is 1. The lowest BCUT2D eigenvalue weighted by Crippen LogP contribution is -2.71. The molecule has 0 aliphatic carbocycles. The Morgan fingerprint density at radius 1 is 1.02 bits per heavy atom. The average Bonchev–Trinajstić information content (AvgIpc) is 3.24. The van der Waals surface area contributed by atoms with Crippen molar-refractivity contribution >= 4 is 41.5 Å². The highest BCUT2D eigenvalue weighted by Gasteiger charge is 2.64. The first-order valence-electron chi connectivity index (χ1n) is 14.1. The Hall–Kier alpha value is -4.06. The SMILES string of the molecule is CC(C)C[C@@H](C(=O)NC(C(=O)N[C@@H]1C(=O)N2[C@@H]1SC(C)(C)[C@@H]2C(=O)O)c1ccccc1)N(C)C(=O)OCc1ccccc1. The van der Waals surface area contributed by atoms with Crippen LogP contribution < -0.4 is 10.6 Å².